The van der Waals surface area contributed by atoms with Crippen LogP contribution < -0.4 is 0 Å². The highest BCUT2D eigenvalue weighted by Crippen LogP contribution is 2.35. The Kier molecular flexibility index (Phi) is 9.37. The quantitative estimate of drug-likeness (QED) is 0.183. The van der Waals surface area contributed by atoms with Crippen LogP contribution in [0.3, 0.4) is 0 Å². The van der Waals surface area contributed by atoms with E-state index >= 15 is 0 Å². The standard InChI is InChI=1S/C36H35NO5/c1-5-13-27(14-6-1)22-38-26-34-36(41-24-29-17-9-3-10-18-29)35(40-23-28-15-7-2-8-16-28)31(25-39-34)32-21-33(42-37-32)30-19-11-4-12-20-30/h1-20,25,33-36H,21-24,26H2/t33-,34+,35+,36-/m0/s1. The molecule has 0 bridgehead atoms. The van der Waals surface area contributed by atoms with Crippen LogP contribution in [0.4, 0.5) is 0 Å². The molecule has 0 unspecified atom stereocenters. The summed E-state index contributed by atoms with van der Waals surface area (Å²) >= 11 is 0. The summed E-state index contributed by atoms with van der Waals surface area (Å²) in [5.41, 5.74) is 5.98. The van der Waals surface area contributed by atoms with Gasteiger partial charge < -0.3 is 23.8 Å². The molecule has 214 valence electrons. The topological polar surface area (TPSA) is 58.5 Å². The maximum atomic E-state index is 6.67. The van der Waals surface area contributed by atoms with Gasteiger partial charge >= 0.3 is 0 Å². The Labute approximate surface area is 247 Å². The van der Waals surface area contributed by atoms with Gasteiger partial charge in [-0.05, 0) is 22.3 Å². The monoisotopic (exact) mass is 561 g/mol. The molecule has 0 saturated heterocycles. The minimum absolute atomic E-state index is 0.160. The van der Waals surface area contributed by atoms with Crippen LogP contribution in [0.15, 0.2) is 138 Å². The van der Waals surface area contributed by atoms with E-state index in [9.17, 15) is 0 Å². The molecule has 4 atom stereocenters. The molecule has 4 aromatic carbocycles. The third-order valence-corrected chi connectivity index (χ3v) is 7.47. The summed E-state index contributed by atoms with van der Waals surface area (Å²) in [6, 6.07) is 40.6. The molecule has 0 radical (unpaired) electrons. The molecular formula is C36H35NO5. The zero-order valence-electron chi connectivity index (χ0n) is 23.5. The van der Waals surface area contributed by atoms with E-state index in [4.69, 9.17) is 23.8 Å². The average Bonchev–Trinajstić information content (AvgIpc) is 3.55. The number of ether oxygens (including phenoxy) is 4. The van der Waals surface area contributed by atoms with Gasteiger partial charge in [0.05, 0.1) is 38.4 Å². The lowest BCUT2D eigenvalue weighted by molar-refractivity contribution is -0.149. The van der Waals surface area contributed by atoms with E-state index in [1.165, 1.54) is 0 Å². The van der Waals surface area contributed by atoms with Gasteiger partial charge in [-0.25, -0.2) is 0 Å². The van der Waals surface area contributed by atoms with Gasteiger partial charge in [-0.1, -0.05) is 126 Å². The van der Waals surface area contributed by atoms with E-state index in [-0.39, 0.29) is 12.2 Å². The van der Waals surface area contributed by atoms with Crippen LogP contribution in [0.25, 0.3) is 0 Å². The average molecular weight is 562 g/mol. The fourth-order valence-electron chi connectivity index (χ4n) is 5.21. The fraction of sp³-hybridized carbons (Fsp3) is 0.250. The SMILES string of the molecule is C1=C(C2=NO[C@H](c3ccccc3)C2)[C@@H](OCc2ccccc2)[C@@H](OCc2ccccc2)[C@@H](COCc2ccccc2)O1. The van der Waals surface area contributed by atoms with Gasteiger partial charge in [0.2, 0.25) is 0 Å². The molecule has 0 aliphatic carbocycles. The predicted octanol–water partition coefficient (Wildman–Crippen LogP) is 7.17. The Morgan fingerprint density at radius 1 is 0.643 bits per heavy atom. The molecule has 0 saturated carbocycles. The Hall–Kier alpha value is -4.23. The zero-order chi connectivity index (χ0) is 28.4. The van der Waals surface area contributed by atoms with Crippen LogP contribution in [0.1, 0.15) is 34.8 Å². The minimum Gasteiger partial charge on any atom is -0.492 e. The zero-order valence-corrected chi connectivity index (χ0v) is 23.5. The molecule has 0 aromatic heterocycles. The van der Waals surface area contributed by atoms with Gasteiger partial charge in [0.15, 0.2) is 6.10 Å². The highest BCUT2D eigenvalue weighted by atomic mass is 16.6. The van der Waals surface area contributed by atoms with Crippen molar-refractivity contribution in [2.75, 3.05) is 6.61 Å². The van der Waals surface area contributed by atoms with Crippen LogP contribution in [0, 0.1) is 0 Å². The van der Waals surface area contributed by atoms with Crippen LogP contribution in [0.2, 0.25) is 0 Å². The van der Waals surface area contributed by atoms with Gasteiger partial charge in [0.1, 0.15) is 18.3 Å². The van der Waals surface area contributed by atoms with Crippen molar-refractivity contribution in [1.82, 2.24) is 0 Å². The molecule has 0 amide bonds. The molecule has 2 aliphatic heterocycles. The Balaban J connectivity index is 1.24. The van der Waals surface area contributed by atoms with Crippen molar-refractivity contribution >= 4 is 5.71 Å². The molecular weight excluding hydrogens is 526 g/mol. The first-order valence-electron chi connectivity index (χ1n) is 14.4. The molecule has 6 heteroatoms. The van der Waals surface area contributed by atoms with Gasteiger partial charge in [0.25, 0.3) is 0 Å². The molecule has 0 spiro atoms. The second kappa shape index (κ2) is 14.1. The second-order valence-corrected chi connectivity index (χ2v) is 10.5. The van der Waals surface area contributed by atoms with Crippen molar-refractivity contribution in [2.45, 2.75) is 50.7 Å². The maximum absolute atomic E-state index is 6.67. The third-order valence-electron chi connectivity index (χ3n) is 7.47. The summed E-state index contributed by atoms with van der Waals surface area (Å²) in [5, 5.41) is 4.50. The predicted molar refractivity (Wildman–Crippen MR) is 161 cm³/mol. The first-order chi connectivity index (χ1) is 20.8. The lowest BCUT2D eigenvalue weighted by atomic mass is 9.91. The van der Waals surface area contributed by atoms with Crippen molar-refractivity contribution in [3.05, 3.63) is 155 Å². The fourth-order valence-corrected chi connectivity index (χ4v) is 5.21. The summed E-state index contributed by atoms with van der Waals surface area (Å²) in [5.74, 6) is 0. The van der Waals surface area contributed by atoms with Gasteiger partial charge in [-0.15, -0.1) is 0 Å². The molecule has 6 nitrogen and oxygen atoms in total. The van der Waals surface area contributed by atoms with Gasteiger partial charge in [-0.2, -0.15) is 0 Å². The minimum atomic E-state index is -0.442. The summed E-state index contributed by atoms with van der Waals surface area (Å²) in [6.07, 6.45) is 0.963. The third kappa shape index (κ3) is 7.15. The molecule has 2 aliphatic rings. The van der Waals surface area contributed by atoms with E-state index in [1.807, 2.05) is 72.8 Å². The van der Waals surface area contributed by atoms with E-state index < -0.39 is 12.2 Å². The van der Waals surface area contributed by atoms with Crippen LogP contribution in [-0.2, 0) is 43.6 Å². The first-order valence-corrected chi connectivity index (χ1v) is 14.4. The Morgan fingerprint density at radius 2 is 1.19 bits per heavy atom. The lowest BCUT2D eigenvalue weighted by Crippen LogP contribution is -2.49. The largest absolute Gasteiger partial charge is 0.492 e. The van der Waals surface area contributed by atoms with Crippen molar-refractivity contribution < 1.29 is 23.8 Å². The Morgan fingerprint density at radius 3 is 1.81 bits per heavy atom. The number of nitrogens with zero attached hydrogens (tertiary/aromatic N) is 1. The van der Waals surface area contributed by atoms with E-state index in [0.29, 0.717) is 32.8 Å². The summed E-state index contributed by atoms with van der Waals surface area (Å²) in [4.78, 5) is 5.89. The number of rotatable bonds is 12. The molecule has 6 rings (SSSR count). The highest BCUT2D eigenvalue weighted by Gasteiger charge is 2.42. The van der Waals surface area contributed by atoms with Crippen molar-refractivity contribution in [1.29, 1.82) is 0 Å². The number of benzene rings is 4. The van der Waals surface area contributed by atoms with Crippen LogP contribution in [0.5, 0.6) is 0 Å². The first kappa shape index (κ1) is 27.9. The number of hydrogen-bond donors (Lipinski definition) is 0. The highest BCUT2D eigenvalue weighted by molar-refractivity contribution is 6.01. The van der Waals surface area contributed by atoms with E-state index in [0.717, 1.165) is 33.5 Å². The maximum Gasteiger partial charge on any atom is 0.158 e. The lowest BCUT2D eigenvalue weighted by Gasteiger charge is -2.37. The van der Waals surface area contributed by atoms with Crippen molar-refractivity contribution in [3.63, 3.8) is 0 Å². The molecule has 0 fully saturated rings. The second-order valence-electron chi connectivity index (χ2n) is 10.5. The van der Waals surface area contributed by atoms with Gasteiger partial charge in [-0.3, -0.25) is 0 Å². The molecule has 4 aromatic rings. The van der Waals surface area contributed by atoms with E-state index in [2.05, 4.69) is 53.7 Å². The van der Waals surface area contributed by atoms with Crippen molar-refractivity contribution in [2.24, 2.45) is 5.16 Å². The molecule has 0 N–H and O–H groups in total. The molecule has 2 heterocycles. The van der Waals surface area contributed by atoms with E-state index in [1.54, 1.807) is 6.26 Å². The van der Waals surface area contributed by atoms with Crippen molar-refractivity contribution in [3.8, 4) is 0 Å². The number of hydrogen-bond acceptors (Lipinski definition) is 6. The normalized spacial score (nSPS) is 21.6. The number of oxime groups is 1. The van der Waals surface area contributed by atoms with Crippen LogP contribution in [-0.4, -0.2) is 30.6 Å². The summed E-state index contributed by atoms with van der Waals surface area (Å²) in [7, 11) is 0. The Bertz CT molecular complexity index is 1440. The molecule has 42 heavy (non-hydrogen) atoms. The van der Waals surface area contributed by atoms with Gasteiger partial charge in [0, 0.05) is 12.0 Å². The van der Waals surface area contributed by atoms with Crippen LogP contribution >= 0.6 is 0 Å². The smallest absolute Gasteiger partial charge is 0.158 e. The summed E-state index contributed by atoms with van der Waals surface area (Å²) in [6.45, 7) is 1.66. The summed E-state index contributed by atoms with van der Waals surface area (Å²) < 4.78 is 25.8.